The molecule has 0 bridgehead atoms. The summed E-state index contributed by atoms with van der Waals surface area (Å²) in [5, 5.41) is 11.0. The average molecular weight is 400 g/mol. The van der Waals surface area contributed by atoms with Crippen LogP contribution in [0.5, 0.6) is 0 Å². The predicted molar refractivity (Wildman–Crippen MR) is 115 cm³/mol. The van der Waals surface area contributed by atoms with Crippen LogP contribution in [0.1, 0.15) is 30.4 Å². The fourth-order valence-corrected chi connectivity index (χ4v) is 3.37. The summed E-state index contributed by atoms with van der Waals surface area (Å²) in [6.07, 6.45) is 6.99. The Labute approximate surface area is 173 Å². The van der Waals surface area contributed by atoms with Crippen LogP contribution in [0.15, 0.2) is 47.7 Å². The molecule has 2 aromatic rings. The van der Waals surface area contributed by atoms with Crippen LogP contribution >= 0.6 is 0 Å². The molecule has 158 valence electrons. The van der Waals surface area contributed by atoms with E-state index in [4.69, 9.17) is 9.47 Å². The summed E-state index contributed by atoms with van der Waals surface area (Å²) in [5.41, 5.74) is 2.45. The van der Waals surface area contributed by atoms with Gasteiger partial charge in [-0.05, 0) is 42.4 Å². The molecule has 0 unspecified atom stereocenters. The van der Waals surface area contributed by atoms with Gasteiger partial charge < -0.3 is 20.1 Å². The van der Waals surface area contributed by atoms with Crippen molar-refractivity contribution in [3.63, 3.8) is 0 Å². The summed E-state index contributed by atoms with van der Waals surface area (Å²) in [6.45, 7) is 5.73. The molecule has 7 heteroatoms. The highest BCUT2D eigenvalue weighted by atomic mass is 16.5. The molecule has 1 saturated heterocycles. The Bertz CT molecular complexity index is 727. The topological polar surface area (TPSA) is 72.7 Å². The number of nitrogens with zero attached hydrogens (tertiary/aromatic N) is 3. The van der Waals surface area contributed by atoms with Gasteiger partial charge in [0, 0.05) is 59.0 Å². The number of nitrogens with one attached hydrogen (secondary N) is 2. The summed E-state index contributed by atoms with van der Waals surface area (Å²) in [6, 6.07) is 10.5. The molecule has 0 saturated carbocycles. The normalized spacial score (nSPS) is 15.4. The summed E-state index contributed by atoms with van der Waals surface area (Å²) < 4.78 is 13.1. The van der Waals surface area contributed by atoms with E-state index in [1.807, 2.05) is 16.9 Å². The van der Waals surface area contributed by atoms with E-state index < -0.39 is 0 Å². The number of rotatable bonds is 10. The van der Waals surface area contributed by atoms with Gasteiger partial charge in [0.1, 0.15) is 0 Å². The smallest absolute Gasteiger partial charge is 0.191 e. The molecule has 0 radical (unpaired) electrons. The second-order valence-electron chi connectivity index (χ2n) is 7.36. The first kappa shape index (κ1) is 21.3. The van der Waals surface area contributed by atoms with E-state index in [9.17, 15) is 0 Å². The van der Waals surface area contributed by atoms with Gasteiger partial charge in [-0.2, -0.15) is 5.10 Å². The van der Waals surface area contributed by atoms with Crippen molar-refractivity contribution < 1.29 is 9.47 Å². The summed E-state index contributed by atoms with van der Waals surface area (Å²) >= 11 is 0. The van der Waals surface area contributed by atoms with Crippen LogP contribution < -0.4 is 10.6 Å². The van der Waals surface area contributed by atoms with Crippen molar-refractivity contribution >= 4 is 5.96 Å². The second-order valence-corrected chi connectivity index (χ2v) is 7.36. The highest BCUT2D eigenvalue weighted by Gasteiger charge is 2.13. The molecule has 0 spiro atoms. The third kappa shape index (κ3) is 7.87. The summed E-state index contributed by atoms with van der Waals surface area (Å²) in [7, 11) is 1.80. The van der Waals surface area contributed by atoms with E-state index in [0.717, 1.165) is 71.3 Å². The molecule has 1 fully saturated rings. The number of aliphatic imine (C=N–C) groups is 1. The molecular formula is C22H33N5O2. The zero-order chi connectivity index (χ0) is 20.2. The molecule has 2 heterocycles. The Balaban J connectivity index is 1.30. The van der Waals surface area contributed by atoms with Crippen molar-refractivity contribution in [2.24, 2.45) is 10.9 Å². The molecule has 1 aromatic carbocycles. The lowest BCUT2D eigenvalue weighted by Gasteiger charge is -2.21. The maximum Gasteiger partial charge on any atom is 0.191 e. The minimum Gasteiger partial charge on any atom is -0.381 e. The molecule has 0 aliphatic carbocycles. The van der Waals surface area contributed by atoms with E-state index in [0.29, 0.717) is 5.92 Å². The Kier molecular flexibility index (Phi) is 9.00. The molecule has 1 aliphatic heterocycles. The van der Waals surface area contributed by atoms with Crippen molar-refractivity contribution in [3.8, 4) is 0 Å². The molecule has 29 heavy (non-hydrogen) atoms. The lowest BCUT2D eigenvalue weighted by atomic mass is 10.0. The number of hydrogen-bond acceptors (Lipinski definition) is 4. The summed E-state index contributed by atoms with van der Waals surface area (Å²) in [5.74, 6) is 1.47. The van der Waals surface area contributed by atoms with Crippen LogP contribution in [-0.4, -0.2) is 55.8 Å². The van der Waals surface area contributed by atoms with Crippen molar-refractivity contribution in [1.29, 1.82) is 0 Å². The van der Waals surface area contributed by atoms with Gasteiger partial charge >= 0.3 is 0 Å². The van der Waals surface area contributed by atoms with Crippen LogP contribution in [-0.2, 0) is 22.6 Å². The van der Waals surface area contributed by atoms with Gasteiger partial charge in [0.05, 0.1) is 6.54 Å². The third-order valence-electron chi connectivity index (χ3n) is 5.03. The standard InChI is InChI=1S/C22H33N5O2/c1-23-22(24-9-4-12-29-18-19-7-13-28-14-8-19)25-16-20-5-2-6-21(15-20)17-27-11-3-10-26-27/h2-3,5-6,10-11,15,19H,4,7-9,12-14,16-18H2,1H3,(H2,23,24,25). The zero-order valence-corrected chi connectivity index (χ0v) is 17.3. The van der Waals surface area contributed by atoms with Crippen molar-refractivity contribution in [1.82, 2.24) is 20.4 Å². The largest absolute Gasteiger partial charge is 0.381 e. The maximum atomic E-state index is 5.81. The highest BCUT2D eigenvalue weighted by Crippen LogP contribution is 2.14. The Hall–Kier alpha value is -2.38. The van der Waals surface area contributed by atoms with Gasteiger partial charge in [0.15, 0.2) is 5.96 Å². The van der Waals surface area contributed by atoms with Crippen LogP contribution in [0.3, 0.4) is 0 Å². The van der Waals surface area contributed by atoms with Gasteiger partial charge in [-0.1, -0.05) is 24.3 Å². The summed E-state index contributed by atoms with van der Waals surface area (Å²) in [4.78, 5) is 4.30. The molecular weight excluding hydrogens is 366 g/mol. The molecule has 7 nitrogen and oxygen atoms in total. The van der Waals surface area contributed by atoms with Crippen LogP contribution in [0.25, 0.3) is 0 Å². The lowest BCUT2D eigenvalue weighted by molar-refractivity contribution is 0.0203. The molecule has 2 N–H and O–H groups in total. The van der Waals surface area contributed by atoms with Crippen LogP contribution in [0.2, 0.25) is 0 Å². The van der Waals surface area contributed by atoms with Crippen molar-refractivity contribution in [3.05, 3.63) is 53.9 Å². The first-order valence-corrected chi connectivity index (χ1v) is 10.5. The van der Waals surface area contributed by atoms with Gasteiger partial charge in [0.25, 0.3) is 0 Å². The molecule has 0 amide bonds. The molecule has 1 aromatic heterocycles. The number of aromatic nitrogens is 2. The van der Waals surface area contributed by atoms with Gasteiger partial charge in [-0.15, -0.1) is 0 Å². The molecule has 3 rings (SSSR count). The first-order chi connectivity index (χ1) is 14.3. The van der Waals surface area contributed by atoms with E-state index >= 15 is 0 Å². The van der Waals surface area contributed by atoms with Gasteiger partial charge in [-0.25, -0.2) is 0 Å². The van der Waals surface area contributed by atoms with Crippen molar-refractivity contribution in [2.75, 3.05) is 40.0 Å². The predicted octanol–water partition coefficient (Wildman–Crippen LogP) is 2.43. The van der Waals surface area contributed by atoms with E-state index in [1.54, 1.807) is 13.2 Å². The van der Waals surface area contributed by atoms with Gasteiger partial charge in [-0.3, -0.25) is 9.67 Å². The SMILES string of the molecule is CN=C(NCCCOCC1CCOCC1)NCc1cccc(Cn2cccn2)c1. The molecule has 1 aliphatic rings. The Morgan fingerprint density at radius 3 is 2.90 bits per heavy atom. The van der Waals surface area contributed by atoms with Crippen LogP contribution in [0.4, 0.5) is 0 Å². The zero-order valence-electron chi connectivity index (χ0n) is 17.3. The van der Waals surface area contributed by atoms with Gasteiger partial charge in [0.2, 0.25) is 0 Å². The highest BCUT2D eigenvalue weighted by molar-refractivity contribution is 5.79. The number of ether oxygens (including phenoxy) is 2. The minimum absolute atomic E-state index is 0.662. The number of benzene rings is 1. The van der Waals surface area contributed by atoms with Crippen LogP contribution in [0, 0.1) is 5.92 Å². The monoisotopic (exact) mass is 399 g/mol. The average Bonchev–Trinajstić information content (AvgIpc) is 3.27. The van der Waals surface area contributed by atoms with E-state index in [1.165, 1.54) is 11.1 Å². The maximum absolute atomic E-state index is 5.81. The third-order valence-corrected chi connectivity index (χ3v) is 5.03. The fourth-order valence-electron chi connectivity index (χ4n) is 3.37. The second kappa shape index (κ2) is 12.2. The number of guanidine groups is 1. The Morgan fingerprint density at radius 2 is 2.10 bits per heavy atom. The Morgan fingerprint density at radius 1 is 1.24 bits per heavy atom. The van der Waals surface area contributed by atoms with E-state index in [2.05, 4.69) is 45.0 Å². The molecule has 0 atom stereocenters. The quantitative estimate of drug-likeness (QED) is 0.365. The number of hydrogen-bond donors (Lipinski definition) is 2. The lowest BCUT2D eigenvalue weighted by Crippen LogP contribution is -2.37. The fraction of sp³-hybridized carbons (Fsp3) is 0.545. The first-order valence-electron chi connectivity index (χ1n) is 10.5. The van der Waals surface area contributed by atoms with E-state index in [-0.39, 0.29) is 0 Å². The van der Waals surface area contributed by atoms with Crippen molar-refractivity contribution in [2.45, 2.75) is 32.4 Å². The minimum atomic E-state index is 0.662.